The quantitative estimate of drug-likeness (QED) is 0.244. The molecule has 2 amide bonds. The van der Waals surface area contributed by atoms with Gasteiger partial charge in [0.25, 0.3) is 10.0 Å². The molecule has 4 rings (SSSR count). The van der Waals surface area contributed by atoms with Crippen LogP contribution in [0, 0.1) is 0 Å². The number of hydrogen-bond acceptors (Lipinski definition) is 5. The van der Waals surface area contributed by atoms with Crippen molar-refractivity contribution in [1.82, 2.24) is 10.2 Å². The molecule has 0 spiro atoms. The van der Waals surface area contributed by atoms with E-state index in [0.29, 0.717) is 28.0 Å². The van der Waals surface area contributed by atoms with Gasteiger partial charge >= 0.3 is 0 Å². The predicted molar refractivity (Wildman–Crippen MR) is 170 cm³/mol. The number of rotatable bonds is 12. The molecule has 1 unspecified atom stereocenters. The molecule has 8 nitrogen and oxygen atoms in total. The summed E-state index contributed by atoms with van der Waals surface area (Å²) in [6, 6.07) is 18.6. The second-order valence-electron chi connectivity index (χ2n) is 10.5. The summed E-state index contributed by atoms with van der Waals surface area (Å²) in [7, 11) is -4.22. The molecule has 230 valence electrons. The molecule has 1 fully saturated rings. The highest BCUT2D eigenvalue weighted by Crippen LogP contribution is 2.33. The molecule has 1 aliphatic carbocycles. The Kier molecular flexibility index (Phi) is 11.3. The Balaban J connectivity index is 1.72. The average Bonchev–Trinajstić information content (AvgIpc) is 3.00. The fraction of sp³-hybridized carbons (Fsp3) is 0.375. The van der Waals surface area contributed by atoms with Crippen LogP contribution in [0.4, 0.5) is 5.69 Å². The molecule has 0 saturated heterocycles. The second kappa shape index (κ2) is 14.9. The maximum atomic E-state index is 14.2. The Morgan fingerprint density at radius 1 is 0.977 bits per heavy atom. The fourth-order valence-electron chi connectivity index (χ4n) is 5.16. The van der Waals surface area contributed by atoms with Crippen molar-refractivity contribution in [2.24, 2.45) is 0 Å². The van der Waals surface area contributed by atoms with Gasteiger partial charge in [0.2, 0.25) is 11.8 Å². The molecule has 1 N–H and O–H groups in total. The van der Waals surface area contributed by atoms with Crippen molar-refractivity contribution in [2.75, 3.05) is 17.5 Å². The van der Waals surface area contributed by atoms with Gasteiger partial charge in [-0.15, -0.1) is 0 Å². The topological polar surface area (TPSA) is 96.0 Å². The van der Waals surface area contributed by atoms with Gasteiger partial charge in [-0.1, -0.05) is 78.9 Å². The van der Waals surface area contributed by atoms with Crippen molar-refractivity contribution in [2.45, 2.75) is 69.5 Å². The van der Waals surface area contributed by atoms with E-state index in [1.165, 1.54) is 17.0 Å². The molecule has 1 aliphatic rings. The number of anilines is 1. The summed E-state index contributed by atoms with van der Waals surface area (Å²) in [5.41, 5.74) is 0.786. The lowest BCUT2D eigenvalue weighted by Crippen LogP contribution is -2.53. The highest BCUT2D eigenvalue weighted by molar-refractivity contribution is 7.92. The highest BCUT2D eigenvalue weighted by atomic mass is 35.5. The first-order valence-corrected chi connectivity index (χ1v) is 16.6. The zero-order valence-electron chi connectivity index (χ0n) is 24.3. The van der Waals surface area contributed by atoms with Crippen molar-refractivity contribution in [1.29, 1.82) is 0 Å². The maximum Gasteiger partial charge on any atom is 0.264 e. The zero-order valence-corrected chi connectivity index (χ0v) is 26.7. The lowest BCUT2D eigenvalue weighted by molar-refractivity contribution is -0.139. The van der Waals surface area contributed by atoms with Gasteiger partial charge < -0.3 is 15.0 Å². The van der Waals surface area contributed by atoms with Crippen molar-refractivity contribution in [3.05, 3.63) is 88.4 Å². The summed E-state index contributed by atoms with van der Waals surface area (Å²) in [5.74, 6) is -0.576. The van der Waals surface area contributed by atoms with E-state index in [1.54, 1.807) is 74.5 Å². The molecule has 0 aromatic heterocycles. The van der Waals surface area contributed by atoms with E-state index < -0.39 is 28.5 Å². The van der Waals surface area contributed by atoms with Gasteiger partial charge in [0.1, 0.15) is 18.3 Å². The number of nitrogens with one attached hydrogen (secondary N) is 1. The molecule has 1 saturated carbocycles. The normalized spacial score (nSPS) is 14.5. The number of hydrogen-bond donors (Lipinski definition) is 1. The largest absolute Gasteiger partial charge is 0.492 e. The van der Waals surface area contributed by atoms with E-state index in [-0.39, 0.29) is 29.1 Å². The summed E-state index contributed by atoms with van der Waals surface area (Å²) in [4.78, 5) is 29.1. The van der Waals surface area contributed by atoms with Crippen molar-refractivity contribution in [3.8, 4) is 5.75 Å². The van der Waals surface area contributed by atoms with Gasteiger partial charge in [-0.3, -0.25) is 13.9 Å². The molecule has 1 atom stereocenters. The third-order valence-electron chi connectivity index (χ3n) is 7.52. The van der Waals surface area contributed by atoms with Gasteiger partial charge in [-0.05, 0) is 68.7 Å². The smallest absolute Gasteiger partial charge is 0.264 e. The van der Waals surface area contributed by atoms with Crippen LogP contribution in [0.5, 0.6) is 5.75 Å². The molecule has 11 heteroatoms. The Bertz CT molecular complexity index is 1510. The van der Waals surface area contributed by atoms with Crippen molar-refractivity contribution in [3.63, 3.8) is 0 Å². The molecule has 43 heavy (non-hydrogen) atoms. The first kappa shape index (κ1) is 32.6. The lowest BCUT2D eigenvalue weighted by Gasteiger charge is -2.33. The highest BCUT2D eigenvalue weighted by Gasteiger charge is 2.34. The van der Waals surface area contributed by atoms with Gasteiger partial charge in [0.15, 0.2) is 0 Å². The molecule has 0 bridgehead atoms. The second-order valence-corrected chi connectivity index (χ2v) is 13.2. The zero-order chi connectivity index (χ0) is 31.0. The number of carbonyl (C=O) groups excluding carboxylic acids is 2. The van der Waals surface area contributed by atoms with Crippen LogP contribution in [0.1, 0.15) is 51.5 Å². The van der Waals surface area contributed by atoms with E-state index >= 15 is 0 Å². The molecular weight excluding hydrogens is 609 g/mol. The van der Waals surface area contributed by atoms with E-state index in [1.807, 2.05) is 0 Å². The molecule has 3 aromatic carbocycles. The Hall–Kier alpha value is -3.27. The Morgan fingerprint density at radius 2 is 1.65 bits per heavy atom. The van der Waals surface area contributed by atoms with Crippen molar-refractivity contribution < 1.29 is 22.7 Å². The maximum absolute atomic E-state index is 14.2. The first-order valence-electron chi connectivity index (χ1n) is 14.4. The third-order valence-corrected chi connectivity index (χ3v) is 9.88. The fourth-order valence-corrected chi connectivity index (χ4v) is 7.07. The summed E-state index contributed by atoms with van der Waals surface area (Å²) < 4.78 is 34.9. The third kappa shape index (κ3) is 8.22. The molecule has 0 heterocycles. The number of halogens is 2. The summed E-state index contributed by atoms with van der Waals surface area (Å²) >= 11 is 12.6. The van der Waals surface area contributed by atoms with Crippen molar-refractivity contribution >= 4 is 50.7 Å². The van der Waals surface area contributed by atoms with Crippen LogP contribution in [-0.4, -0.2) is 50.4 Å². The number of benzene rings is 3. The number of carbonyl (C=O) groups is 2. The predicted octanol–water partition coefficient (Wildman–Crippen LogP) is 6.45. The number of nitrogens with zero attached hydrogens (tertiary/aromatic N) is 2. The minimum atomic E-state index is -4.22. The van der Waals surface area contributed by atoms with Crippen LogP contribution in [-0.2, 0) is 26.2 Å². The van der Waals surface area contributed by atoms with Crippen LogP contribution in [0.25, 0.3) is 0 Å². The molecular formula is C32H37Cl2N3O5S. The van der Waals surface area contributed by atoms with Crippen LogP contribution in [0.2, 0.25) is 10.0 Å². The van der Waals surface area contributed by atoms with E-state index in [4.69, 9.17) is 27.9 Å². The number of sulfonamides is 1. The van der Waals surface area contributed by atoms with Crippen LogP contribution < -0.4 is 14.4 Å². The number of ether oxygens (including phenoxy) is 1. The van der Waals surface area contributed by atoms with Crippen LogP contribution in [0.15, 0.2) is 77.7 Å². The SMILES string of the molecule is CCOc1ccccc1N(CC(=O)N(Cc1ccc(Cl)cc1Cl)C(C)C(=O)NC1CCCCC1)S(=O)(=O)c1ccccc1. The van der Waals surface area contributed by atoms with Gasteiger partial charge in [0, 0.05) is 22.6 Å². The standard InChI is InChI=1S/C32H37Cl2N3O5S/c1-3-42-30-17-11-10-16-29(30)37(43(40,41)27-14-8-5-9-15-27)22-31(38)36(21-24-18-19-25(33)20-28(24)34)23(2)32(39)35-26-12-6-4-7-13-26/h5,8-11,14-20,23,26H,3-4,6-7,12-13,21-22H2,1-2H3,(H,35,39). The van der Waals surface area contributed by atoms with E-state index in [0.717, 1.165) is 36.4 Å². The molecule has 0 aliphatic heterocycles. The monoisotopic (exact) mass is 645 g/mol. The van der Waals surface area contributed by atoms with Gasteiger partial charge in [-0.25, -0.2) is 8.42 Å². The van der Waals surface area contributed by atoms with Crippen LogP contribution in [0.3, 0.4) is 0 Å². The van der Waals surface area contributed by atoms with Gasteiger partial charge in [-0.2, -0.15) is 0 Å². The average molecular weight is 647 g/mol. The number of amides is 2. The molecule has 3 aromatic rings. The first-order chi connectivity index (χ1) is 20.6. The number of para-hydroxylation sites is 2. The summed E-state index contributed by atoms with van der Waals surface area (Å²) in [5, 5.41) is 3.86. The Morgan fingerprint density at radius 3 is 2.33 bits per heavy atom. The summed E-state index contributed by atoms with van der Waals surface area (Å²) in [6.45, 7) is 3.13. The summed E-state index contributed by atoms with van der Waals surface area (Å²) in [6.07, 6.45) is 4.97. The van der Waals surface area contributed by atoms with Gasteiger partial charge in [0.05, 0.1) is 17.2 Å². The minimum absolute atomic E-state index is 0.0180. The van der Waals surface area contributed by atoms with E-state index in [9.17, 15) is 18.0 Å². The lowest BCUT2D eigenvalue weighted by atomic mass is 9.95. The van der Waals surface area contributed by atoms with E-state index in [2.05, 4.69) is 5.32 Å². The minimum Gasteiger partial charge on any atom is -0.492 e. The van der Waals surface area contributed by atoms with Crippen LogP contribution >= 0.6 is 23.2 Å². The molecule has 0 radical (unpaired) electrons. The Labute approximate surface area is 264 Å².